The molecular formula is C14H14BiNa. The Labute approximate surface area is 131 Å². The van der Waals surface area contributed by atoms with E-state index < -0.39 is 23.2 Å². The van der Waals surface area contributed by atoms with Crippen molar-refractivity contribution in [2.24, 2.45) is 0 Å². The zero-order chi connectivity index (χ0) is 10.7. The fourth-order valence-electron chi connectivity index (χ4n) is 1.39. The molecule has 0 aliphatic carbocycles. The van der Waals surface area contributed by atoms with Crippen LogP contribution in [0, 0.1) is 13.8 Å². The van der Waals surface area contributed by atoms with Crippen molar-refractivity contribution < 1.29 is 0 Å². The fraction of sp³-hybridized carbons (Fsp3) is 0.143. The van der Waals surface area contributed by atoms with Gasteiger partial charge in [0.15, 0.2) is 0 Å². The van der Waals surface area contributed by atoms with E-state index in [4.69, 9.17) is 0 Å². The zero-order valence-corrected chi connectivity index (χ0v) is 15.5. The number of benzene rings is 2. The number of aryl methyl sites for hydroxylation is 2. The Bertz CT molecular complexity index is 388. The van der Waals surface area contributed by atoms with Crippen molar-refractivity contribution in [1.29, 1.82) is 0 Å². The Hall–Kier alpha value is 0.323. The van der Waals surface area contributed by atoms with Gasteiger partial charge in [-0.05, 0) is 0 Å². The molecule has 0 nitrogen and oxygen atoms in total. The van der Waals surface area contributed by atoms with E-state index in [1.54, 1.807) is 6.54 Å². The molecule has 0 atom stereocenters. The van der Waals surface area contributed by atoms with Crippen LogP contribution in [0.1, 0.15) is 11.1 Å². The van der Waals surface area contributed by atoms with E-state index in [1.165, 1.54) is 11.1 Å². The molecule has 0 unspecified atom stereocenters. The second-order valence-electron chi connectivity index (χ2n) is 3.78. The van der Waals surface area contributed by atoms with Gasteiger partial charge in [-0.2, -0.15) is 0 Å². The Balaban J connectivity index is 0.00000128. The first-order chi connectivity index (χ1) is 7.24. The van der Waals surface area contributed by atoms with Gasteiger partial charge in [-0.15, -0.1) is 0 Å². The first-order valence-corrected chi connectivity index (χ1v) is 8.57. The van der Waals surface area contributed by atoms with E-state index in [9.17, 15) is 0 Å². The zero-order valence-electron chi connectivity index (χ0n) is 10.1. The van der Waals surface area contributed by atoms with Crippen molar-refractivity contribution in [2.75, 3.05) is 0 Å². The van der Waals surface area contributed by atoms with Gasteiger partial charge in [0.2, 0.25) is 0 Å². The van der Waals surface area contributed by atoms with Gasteiger partial charge in [-0.1, -0.05) is 0 Å². The van der Waals surface area contributed by atoms with Crippen molar-refractivity contribution in [3.63, 3.8) is 0 Å². The van der Waals surface area contributed by atoms with Crippen molar-refractivity contribution in [1.82, 2.24) is 0 Å². The third-order valence-electron chi connectivity index (χ3n) is 2.33. The Morgan fingerprint density at radius 3 is 1.25 bits per heavy atom. The molecule has 2 heteroatoms. The molecule has 0 fully saturated rings. The summed E-state index contributed by atoms with van der Waals surface area (Å²) in [5, 5.41) is 0. The molecule has 2 aromatic rings. The normalized spacial score (nSPS) is 9.62. The van der Waals surface area contributed by atoms with Gasteiger partial charge >= 0.3 is 103 Å². The van der Waals surface area contributed by atoms with Crippen molar-refractivity contribution >= 4 is 59.3 Å². The molecule has 2 aromatic carbocycles. The van der Waals surface area contributed by atoms with Crippen molar-refractivity contribution in [3.05, 3.63) is 59.7 Å². The first kappa shape index (κ1) is 14.4. The quantitative estimate of drug-likeness (QED) is 0.655. The summed E-state index contributed by atoms with van der Waals surface area (Å²) in [5.41, 5.74) is 2.70. The summed E-state index contributed by atoms with van der Waals surface area (Å²) in [5.74, 6) is 0. The SMILES string of the molecule is Cc1cc[c]([Bi][c]2ccc(C)cc2)cc1.[Na]. The predicted octanol–water partition coefficient (Wildman–Crippen LogP) is 1.58. The van der Waals surface area contributed by atoms with E-state index >= 15 is 0 Å². The van der Waals surface area contributed by atoms with Crippen molar-refractivity contribution in [3.8, 4) is 0 Å². The van der Waals surface area contributed by atoms with Gasteiger partial charge in [0, 0.05) is 29.6 Å². The summed E-state index contributed by atoms with van der Waals surface area (Å²) in [6, 6.07) is 18.0. The summed E-state index contributed by atoms with van der Waals surface area (Å²) < 4.78 is 3.12. The second kappa shape index (κ2) is 6.91. The number of hydrogen-bond acceptors (Lipinski definition) is 0. The van der Waals surface area contributed by atoms with E-state index in [0.29, 0.717) is 0 Å². The van der Waals surface area contributed by atoms with Crippen LogP contribution in [0.15, 0.2) is 48.5 Å². The maximum Gasteiger partial charge on any atom is 0 e. The molecule has 16 heavy (non-hydrogen) atoms. The Morgan fingerprint density at radius 1 is 0.625 bits per heavy atom. The molecule has 0 bridgehead atoms. The van der Waals surface area contributed by atoms with Crippen LogP contribution < -0.4 is 6.54 Å². The van der Waals surface area contributed by atoms with Crippen LogP contribution in [-0.4, -0.2) is 52.8 Å². The molecule has 2 radical (unpaired) electrons. The topological polar surface area (TPSA) is 0 Å². The Kier molecular flexibility index (Phi) is 6.22. The molecule has 0 N–H and O–H groups in total. The minimum absolute atomic E-state index is 0. The van der Waals surface area contributed by atoms with E-state index in [1.807, 2.05) is 0 Å². The molecule has 76 valence electrons. The van der Waals surface area contributed by atoms with Gasteiger partial charge in [0.25, 0.3) is 0 Å². The molecule has 0 amide bonds. The van der Waals surface area contributed by atoms with Crippen LogP contribution in [0.25, 0.3) is 0 Å². The van der Waals surface area contributed by atoms with Gasteiger partial charge in [0.1, 0.15) is 0 Å². The van der Waals surface area contributed by atoms with Crippen LogP contribution >= 0.6 is 0 Å². The van der Waals surface area contributed by atoms with E-state index in [2.05, 4.69) is 62.4 Å². The maximum absolute atomic E-state index is 2.28. The average Bonchev–Trinajstić information content (AvgIpc) is 2.25. The minimum atomic E-state index is -0.654. The molecular weight excluding hydrogens is 400 g/mol. The summed E-state index contributed by atoms with van der Waals surface area (Å²) >= 11 is -0.654. The van der Waals surface area contributed by atoms with Crippen LogP contribution in [0.5, 0.6) is 0 Å². The number of hydrogen-bond donors (Lipinski definition) is 0. The van der Waals surface area contributed by atoms with Gasteiger partial charge in [0.05, 0.1) is 0 Å². The third-order valence-corrected chi connectivity index (χ3v) is 6.65. The third kappa shape index (κ3) is 4.30. The van der Waals surface area contributed by atoms with Crippen LogP contribution in [-0.2, 0) is 0 Å². The van der Waals surface area contributed by atoms with Gasteiger partial charge < -0.3 is 0 Å². The molecule has 0 saturated carbocycles. The average molecular weight is 414 g/mol. The smallest absolute Gasteiger partial charge is 0 e. The van der Waals surface area contributed by atoms with E-state index in [-0.39, 0.29) is 29.6 Å². The van der Waals surface area contributed by atoms with Crippen molar-refractivity contribution in [2.45, 2.75) is 13.8 Å². The van der Waals surface area contributed by atoms with Gasteiger partial charge in [-0.3, -0.25) is 0 Å². The molecule has 0 spiro atoms. The van der Waals surface area contributed by atoms with E-state index in [0.717, 1.165) is 0 Å². The standard InChI is InChI=1S/2C7H7.Bi.Na/c2*1-7-5-3-2-4-6-7;;/h2*3-6H,1H3;;. The molecule has 0 aliphatic heterocycles. The summed E-state index contributed by atoms with van der Waals surface area (Å²) in [7, 11) is 0. The number of rotatable bonds is 2. The van der Waals surface area contributed by atoms with Crippen LogP contribution in [0.4, 0.5) is 0 Å². The summed E-state index contributed by atoms with van der Waals surface area (Å²) in [6.07, 6.45) is 0. The Morgan fingerprint density at radius 2 is 0.938 bits per heavy atom. The molecule has 0 aliphatic rings. The second-order valence-corrected chi connectivity index (χ2v) is 8.67. The van der Waals surface area contributed by atoms with Gasteiger partial charge in [-0.25, -0.2) is 0 Å². The molecule has 0 saturated heterocycles. The fourth-order valence-corrected chi connectivity index (χ4v) is 4.86. The first-order valence-electron chi connectivity index (χ1n) is 5.09. The molecule has 2 rings (SSSR count). The molecule has 0 heterocycles. The summed E-state index contributed by atoms with van der Waals surface area (Å²) in [6.45, 7) is 4.28. The monoisotopic (exact) mass is 414 g/mol. The minimum Gasteiger partial charge on any atom is 0 e. The maximum atomic E-state index is 2.28. The largest absolute Gasteiger partial charge is 0 e. The van der Waals surface area contributed by atoms with Crippen LogP contribution in [0.3, 0.4) is 0 Å². The van der Waals surface area contributed by atoms with Crippen LogP contribution in [0.2, 0.25) is 0 Å². The summed E-state index contributed by atoms with van der Waals surface area (Å²) in [4.78, 5) is 0. The molecule has 0 aromatic heterocycles. The predicted molar refractivity (Wildman–Crippen MR) is 73.1 cm³/mol.